The average molecular weight is 343 g/mol. The van der Waals surface area contributed by atoms with Gasteiger partial charge in [0.25, 0.3) is 0 Å². The summed E-state index contributed by atoms with van der Waals surface area (Å²) < 4.78 is 10.9. The molecule has 1 atom stereocenters. The van der Waals surface area contributed by atoms with Gasteiger partial charge in [0.2, 0.25) is 0 Å². The van der Waals surface area contributed by atoms with Crippen LogP contribution in [0.25, 0.3) is 0 Å². The first-order valence-electron chi connectivity index (χ1n) is 7.85. The molecule has 7 heteroatoms. The molecule has 128 valence electrons. The van der Waals surface area contributed by atoms with Crippen molar-refractivity contribution in [2.75, 3.05) is 38.2 Å². The van der Waals surface area contributed by atoms with Crippen molar-refractivity contribution in [2.45, 2.75) is 25.9 Å². The van der Waals surface area contributed by atoms with Crippen LogP contribution < -0.4 is 10.1 Å². The molecule has 0 bridgehead atoms. The maximum absolute atomic E-state index is 12.3. The van der Waals surface area contributed by atoms with E-state index < -0.39 is 6.10 Å². The highest BCUT2D eigenvalue weighted by molar-refractivity contribution is 6.32. The van der Waals surface area contributed by atoms with E-state index in [9.17, 15) is 9.90 Å². The van der Waals surface area contributed by atoms with Crippen LogP contribution in [0.2, 0.25) is 5.02 Å². The second-order valence-electron chi connectivity index (χ2n) is 5.33. The van der Waals surface area contributed by atoms with E-state index >= 15 is 0 Å². The Bertz CT molecular complexity index is 527. The summed E-state index contributed by atoms with van der Waals surface area (Å²) in [4.78, 5) is 13.9. The van der Waals surface area contributed by atoms with Crippen molar-refractivity contribution in [3.05, 3.63) is 23.2 Å². The van der Waals surface area contributed by atoms with Gasteiger partial charge in [0, 0.05) is 19.7 Å². The van der Waals surface area contributed by atoms with Gasteiger partial charge in [0.05, 0.1) is 23.4 Å². The Labute approximate surface area is 141 Å². The molecule has 1 aromatic rings. The summed E-state index contributed by atoms with van der Waals surface area (Å²) in [6, 6.07) is 4.93. The van der Waals surface area contributed by atoms with Crippen molar-refractivity contribution in [3.63, 3.8) is 0 Å². The highest BCUT2D eigenvalue weighted by Crippen LogP contribution is 2.33. The molecule has 1 heterocycles. The number of anilines is 1. The highest BCUT2D eigenvalue weighted by atomic mass is 35.5. The van der Waals surface area contributed by atoms with Gasteiger partial charge in [-0.15, -0.1) is 0 Å². The van der Waals surface area contributed by atoms with Crippen LogP contribution >= 0.6 is 11.6 Å². The number of carbonyl (C=O) groups is 1. The van der Waals surface area contributed by atoms with E-state index in [1.54, 1.807) is 23.1 Å². The van der Waals surface area contributed by atoms with Crippen LogP contribution in [0.4, 0.5) is 10.5 Å². The number of hydrogen-bond donors (Lipinski definition) is 2. The van der Waals surface area contributed by atoms with Crippen molar-refractivity contribution in [3.8, 4) is 5.75 Å². The Morgan fingerprint density at radius 1 is 1.48 bits per heavy atom. The van der Waals surface area contributed by atoms with Crippen molar-refractivity contribution in [1.82, 2.24) is 4.90 Å². The smallest absolute Gasteiger partial charge is 0.322 e. The van der Waals surface area contributed by atoms with Crippen LogP contribution in [0.3, 0.4) is 0 Å². The van der Waals surface area contributed by atoms with Gasteiger partial charge >= 0.3 is 6.03 Å². The van der Waals surface area contributed by atoms with Gasteiger partial charge in [-0.1, -0.05) is 17.7 Å². The molecule has 2 rings (SSSR count). The zero-order valence-electron chi connectivity index (χ0n) is 13.3. The SMILES string of the molecule is CCOCCOc1c(Cl)cccc1NC(=O)N1CCCC(O)C1. The molecule has 1 saturated heterocycles. The lowest BCUT2D eigenvalue weighted by atomic mass is 10.1. The zero-order chi connectivity index (χ0) is 16.7. The summed E-state index contributed by atoms with van der Waals surface area (Å²) in [5, 5.41) is 12.9. The van der Waals surface area contributed by atoms with Crippen LogP contribution in [-0.2, 0) is 4.74 Å². The molecule has 0 aliphatic carbocycles. The number of urea groups is 1. The van der Waals surface area contributed by atoms with Gasteiger partial charge in [-0.3, -0.25) is 0 Å². The fraction of sp³-hybridized carbons (Fsp3) is 0.562. The number of ether oxygens (including phenoxy) is 2. The van der Waals surface area contributed by atoms with E-state index in [1.807, 2.05) is 6.92 Å². The number of aliphatic hydroxyl groups is 1. The normalized spacial score (nSPS) is 17.9. The summed E-state index contributed by atoms with van der Waals surface area (Å²) in [6.07, 6.45) is 1.06. The molecule has 1 aromatic carbocycles. The lowest BCUT2D eigenvalue weighted by Crippen LogP contribution is -2.44. The quantitative estimate of drug-likeness (QED) is 0.780. The fourth-order valence-electron chi connectivity index (χ4n) is 2.43. The lowest BCUT2D eigenvalue weighted by Gasteiger charge is -2.30. The number of likely N-dealkylation sites (tertiary alicyclic amines) is 1. The van der Waals surface area contributed by atoms with Crippen LogP contribution in [-0.4, -0.2) is 55.1 Å². The minimum absolute atomic E-state index is 0.263. The lowest BCUT2D eigenvalue weighted by molar-refractivity contribution is 0.0883. The third-order valence-corrected chi connectivity index (χ3v) is 3.87. The number of nitrogens with one attached hydrogen (secondary N) is 1. The van der Waals surface area contributed by atoms with Crippen molar-refractivity contribution in [2.24, 2.45) is 0 Å². The molecule has 0 radical (unpaired) electrons. The van der Waals surface area contributed by atoms with Gasteiger partial charge in [-0.2, -0.15) is 0 Å². The first kappa shape index (κ1) is 17.8. The Morgan fingerprint density at radius 2 is 2.30 bits per heavy atom. The number of piperidine rings is 1. The third kappa shape index (κ3) is 5.27. The van der Waals surface area contributed by atoms with Gasteiger partial charge in [-0.05, 0) is 31.9 Å². The molecule has 1 aliphatic heterocycles. The first-order chi connectivity index (χ1) is 11.1. The maximum Gasteiger partial charge on any atom is 0.322 e. The summed E-state index contributed by atoms with van der Waals surface area (Å²) in [7, 11) is 0. The minimum Gasteiger partial charge on any atom is -0.487 e. The Morgan fingerprint density at radius 3 is 3.04 bits per heavy atom. The maximum atomic E-state index is 12.3. The molecule has 2 amide bonds. The molecule has 1 aliphatic rings. The number of carbonyl (C=O) groups excluding carboxylic acids is 1. The largest absolute Gasteiger partial charge is 0.487 e. The third-order valence-electron chi connectivity index (χ3n) is 3.57. The fourth-order valence-corrected chi connectivity index (χ4v) is 2.66. The molecule has 1 unspecified atom stereocenters. The van der Waals surface area contributed by atoms with E-state index in [4.69, 9.17) is 21.1 Å². The molecule has 0 spiro atoms. The number of halogens is 1. The summed E-state index contributed by atoms with van der Waals surface area (Å²) in [6.45, 7) is 4.30. The number of β-amino-alcohol motifs (C(OH)–C–C–N with tert-alkyl or cyclic N) is 1. The summed E-state index contributed by atoms with van der Waals surface area (Å²) >= 11 is 6.16. The van der Waals surface area contributed by atoms with Gasteiger partial charge < -0.3 is 24.8 Å². The number of nitrogens with zero attached hydrogens (tertiary/aromatic N) is 1. The van der Waals surface area contributed by atoms with Gasteiger partial charge in [0.1, 0.15) is 6.61 Å². The van der Waals surface area contributed by atoms with Crippen LogP contribution in [0, 0.1) is 0 Å². The minimum atomic E-state index is -0.462. The van der Waals surface area contributed by atoms with Crippen molar-refractivity contribution < 1.29 is 19.4 Å². The Balaban J connectivity index is 2.00. The molecule has 2 N–H and O–H groups in total. The van der Waals surface area contributed by atoms with Gasteiger partial charge in [0.15, 0.2) is 5.75 Å². The first-order valence-corrected chi connectivity index (χ1v) is 8.22. The molecule has 0 aromatic heterocycles. The molecule has 6 nitrogen and oxygen atoms in total. The predicted molar refractivity (Wildman–Crippen MR) is 89.3 cm³/mol. The molecule has 1 fully saturated rings. The highest BCUT2D eigenvalue weighted by Gasteiger charge is 2.23. The second kappa shape index (κ2) is 8.96. The summed E-state index contributed by atoms with van der Waals surface area (Å²) in [5.74, 6) is 0.430. The Hall–Kier alpha value is -1.50. The van der Waals surface area contributed by atoms with Crippen LogP contribution in [0.5, 0.6) is 5.75 Å². The van der Waals surface area contributed by atoms with E-state index in [-0.39, 0.29) is 6.03 Å². The number of hydrogen-bond acceptors (Lipinski definition) is 4. The van der Waals surface area contributed by atoms with E-state index in [2.05, 4.69) is 5.32 Å². The zero-order valence-corrected chi connectivity index (χ0v) is 14.0. The van der Waals surface area contributed by atoms with Crippen LogP contribution in [0.15, 0.2) is 18.2 Å². The summed E-state index contributed by atoms with van der Waals surface area (Å²) in [5.41, 5.74) is 0.513. The van der Waals surface area contributed by atoms with E-state index in [0.717, 1.165) is 12.8 Å². The van der Waals surface area contributed by atoms with E-state index in [0.29, 0.717) is 49.4 Å². The monoisotopic (exact) mass is 342 g/mol. The van der Waals surface area contributed by atoms with Crippen LogP contribution in [0.1, 0.15) is 19.8 Å². The van der Waals surface area contributed by atoms with Crippen molar-refractivity contribution >= 4 is 23.3 Å². The number of aliphatic hydroxyl groups excluding tert-OH is 1. The second-order valence-corrected chi connectivity index (χ2v) is 5.74. The standard InChI is InChI=1S/C16H23ClN2O4/c1-2-22-9-10-23-15-13(17)6-3-7-14(15)18-16(21)19-8-4-5-12(20)11-19/h3,6-7,12,20H,2,4-5,8-11H2,1H3,(H,18,21). The molecule has 0 saturated carbocycles. The van der Waals surface area contributed by atoms with E-state index in [1.165, 1.54) is 0 Å². The average Bonchev–Trinajstić information content (AvgIpc) is 2.53. The number of rotatable bonds is 6. The van der Waals surface area contributed by atoms with Crippen molar-refractivity contribution in [1.29, 1.82) is 0 Å². The molecular formula is C16H23ClN2O4. The molecular weight excluding hydrogens is 320 g/mol. The predicted octanol–water partition coefficient (Wildman–Crippen LogP) is 2.74. The number of benzene rings is 1. The number of amides is 2. The number of para-hydroxylation sites is 1. The Kier molecular flexibility index (Phi) is 6.95. The van der Waals surface area contributed by atoms with Gasteiger partial charge in [-0.25, -0.2) is 4.79 Å². The molecule has 23 heavy (non-hydrogen) atoms. The topological polar surface area (TPSA) is 71.0 Å².